The fraction of sp³-hybridized carbons (Fsp3) is 0.368. The Hall–Kier alpha value is -2.04. The van der Waals surface area contributed by atoms with Gasteiger partial charge in [-0.3, -0.25) is 0 Å². The lowest BCUT2D eigenvalue weighted by atomic mass is 10.3. The molecule has 0 N–H and O–H groups in total. The molecule has 4 nitrogen and oxygen atoms in total. The summed E-state index contributed by atoms with van der Waals surface area (Å²) in [6.45, 7) is 3.20. The molecule has 0 aromatic heterocycles. The lowest BCUT2D eigenvalue weighted by Crippen LogP contribution is -2.40. The van der Waals surface area contributed by atoms with Crippen molar-refractivity contribution in [2.24, 2.45) is 0 Å². The smallest absolute Gasteiger partial charge is 0.119 e. The third-order valence-corrected chi connectivity index (χ3v) is 3.65. The van der Waals surface area contributed by atoms with Crippen molar-refractivity contribution in [2.75, 3.05) is 40.4 Å². The van der Waals surface area contributed by atoms with E-state index in [1.54, 1.807) is 0 Å². The maximum absolute atomic E-state index is 5.72. The molecule has 0 aliphatic rings. The predicted octanol–water partition coefficient (Wildman–Crippen LogP) is 3.31. The van der Waals surface area contributed by atoms with Gasteiger partial charge in [-0.05, 0) is 30.7 Å². The molecule has 0 heterocycles. The highest BCUT2D eigenvalue weighted by molar-refractivity contribution is 5.21. The number of likely N-dealkylation sites (N-methyl/N-ethyl adjacent to an activating group) is 1. The summed E-state index contributed by atoms with van der Waals surface area (Å²) in [6.07, 6.45) is 0.981. The van der Waals surface area contributed by atoms with E-state index >= 15 is 0 Å². The second-order valence-corrected chi connectivity index (χ2v) is 5.44. The summed E-state index contributed by atoms with van der Waals surface area (Å²) in [7, 11) is 4.16. The molecule has 2 aromatic rings. The second-order valence-electron chi connectivity index (χ2n) is 5.44. The van der Waals surface area contributed by atoms with Crippen LogP contribution in [0.25, 0.3) is 0 Å². The number of hydrogen-bond donors (Lipinski definition) is 0. The predicted molar refractivity (Wildman–Crippen MR) is 93.8 cm³/mol. The van der Waals surface area contributed by atoms with Crippen LogP contribution in [0.4, 0.5) is 0 Å². The van der Waals surface area contributed by atoms with E-state index in [1.807, 2.05) is 60.7 Å². The topological polar surface area (TPSA) is 24.9 Å². The molecule has 0 bridgehead atoms. The van der Waals surface area contributed by atoms with Gasteiger partial charge in [0.1, 0.15) is 18.1 Å². The largest absolute Gasteiger partial charge is 0.494 e. The molecular formula is C19H26N2O2. The molecule has 0 amide bonds. The molecule has 2 rings (SSSR count). The van der Waals surface area contributed by atoms with Gasteiger partial charge in [-0.2, -0.15) is 0 Å². The molecule has 0 atom stereocenters. The molecule has 0 aliphatic heterocycles. The van der Waals surface area contributed by atoms with Crippen LogP contribution in [0.5, 0.6) is 11.5 Å². The molecule has 0 fully saturated rings. The Bertz CT molecular complexity index is 534. The van der Waals surface area contributed by atoms with Gasteiger partial charge in [0.25, 0.3) is 0 Å². The van der Waals surface area contributed by atoms with Crippen molar-refractivity contribution in [2.45, 2.75) is 6.42 Å². The van der Waals surface area contributed by atoms with Gasteiger partial charge in [0.05, 0.1) is 6.61 Å². The zero-order chi connectivity index (χ0) is 16.3. The summed E-state index contributed by atoms with van der Waals surface area (Å²) in [5.74, 6) is 1.85. The number of hydrazine groups is 1. The van der Waals surface area contributed by atoms with E-state index in [9.17, 15) is 0 Å². The Kier molecular flexibility index (Phi) is 7.43. The number of para-hydroxylation sites is 2. The summed E-state index contributed by atoms with van der Waals surface area (Å²) in [4.78, 5) is 0. The van der Waals surface area contributed by atoms with Crippen LogP contribution in [-0.4, -0.2) is 50.4 Å². The molecule has 0 spiro atoms. The standard InChI is InChI=1S/C19H26N2O2/c1-20(14-9-16-22-18-10-5-3-6-11-18)21(2)15-17-23-19-12-7-4-8-13-19/h3-8,10-13H,9,14-17H2,1-2H3. The molecular weight excluding hydrogens is 288 g/mol. The zero-order valence-electron chi connectivity index (χ0n) is 14.0. The Morgan fingerprint density at radius 2 is 1.13 bits per heavy atom. The van der Waals surface area contributed by atoms with Crippen molar-refractivity contribution in [3.8, 4) is 11.5 Å². The molecule has 124 valence electrons. The minimum atomic E-state index is 0.672. The van der Waals surface area contributed by atoms with Crippen LogP contribution in [0.3, 0.4) is 0 Å². The maximum atomic E-state index is 5.72. The molecule has 2 aromatic carbocycles. The highest BCUT2D eigenvalue weighted by atomic mass is 16.5. The number of hydrogen-bond acceptors (Lipinski definition) is 4. The zero-order valence-corrected chi connectivity index (χ0v) is 14.0. The second kappa shape index (κ2) is 9.87. The van der Waals surface area contributed by atoms with E-state index in [2.05, 4.69) is 24.1 Å². The van der Waals surface area contributed by atoms with Crippen molar-refractivity contribution < 1.29 is 9.47 Å². The SMILES string of the molecule is CN(CCCOc1ccccc1)N(C)CCOc1ccccc1. The minimum Gasteiger partial charge on any atom is -0.494 e. The Balaban J connectivity index is 1.56. The van der Waals surface area contributed by atoms with E-state index in [4.69, 9.17) is 9.47 Å². The number of benzene rings is 2. The van der Waals surface area contributed by atoms with E-state index in [0.29, 0.717) is 6.61 Å². The van der Waals surface area contributed by atoms with Gasteiger partial charge in [-0.25, -0.2) is 10.0 Å². The first-order chi connectivity index (χ1) is 11.3. The van der Waals surface area contributed by atoms with Crippen LogP contribution in [0.1, 0.15) is 6.42 Å². The fourth-order valence-electron chi connectivity index (χ4n) is 2.15. The first kappa shape index (κ1) is 17.3. The number of rotatable bonds is 10. The monoisotopic (exact) mass is 314 g/mol. The summed E-state index contributed by atoms with van der Waals surface area (Å²) < 4.78 is 11.4. The quantitative estimate of drug-likeness (QED) is 0.496. The third-order valence-electron chi connectivity index (χ3n) is 3.65. The third kappa shape index (κ3) is 6.72. The molecule has 0 unspecified atom stereocenters. The van der Waals surface area contributed by atoms with Crippen LogP contribution >= 0.6 is 0 Å². The van der Waals surface area contributed by atoms with Crippen LogP contribution in [0.15, 0.2) is 60.7 Å². The summed E-state index contributed by atoms with van der Waals surface area (Å²) >= 11 is 0. The van der Waals surface area contributed by atoms with Gasteiger partial charge < -0.3 is 9.47 Å². The number of ether oxygens (including phenoxy) is 2. The molecule has 0 saturated heterocycles. The van der Waals surface area contributed by atoms with E-state index < -0.39 is 0 Å². The van der Waals surface area contributed by atoms with Crippen molar-refractivity contribution in [1.82, 2.24) is 10.0 Å². The van der Waals surface area contributed by atoms with E-state index in [-0.39, 0.29) is 0 Å². The lowest BCUT2D eigenvalue weighted by Gasteiger charge is -2.28. The highest BCUT2D eigenvalue weighted by Crippen LogP contribution is 2.09. The van der Waals surface area contributed by atoms with E-state index in [1.165, 1.54) is 0 Å². The van der Waals surface area contributed by atoms with Gasteiger partial charge in [0.15, 0.2) is 0 Å². The molecule has 4 heteroatoms. The van der Waals surface area contributed by atoms with Gasteiger partial charge >= 0.3 is 0 Å². The first-order valence-corrected chi connectivity index (χ1v) is 8.03. The molecule has 0 aliphatic carbocycles. The van der Waals surface area contributed by atoms with Gasteiger partial charge in [0, 0.05) is 27.2 Å². The van der Waals surface area contributed by atoms with Crippen molar-refractivity contribution in [3.63, 3.8) is 0 Å². The minimum absolute atomic E-state index is 0.672. The molecule has 23 heavy (non-hydrogen) atoms. The Morgan fingerprint density at radius 3 is 1.70 bits per heavy atom. The van der Waals surface area contributed by atoms with Crippen molar-refractivity contribution in [1.29, 1.82) is 0 Å². The first-order valence-electron chi connectivity index (χ1n) is 8.03. The van der Waals surface area contributed by atoms with Gasteiger partial charge in [0.2, 0.25) is 0 Å². The van der Waals surface area contributed by atoms with Gasteiger partial charge in [-0.15, -0.1) is 0 Å². The number of nitrogens with zero attached hydrogens (tertiary/aromatic N) is 2. The summed E-state index contributed by atoms with van der Waals surface area (Å²) in [5, 5.41) is 4.37. The summed E-state index contributed by atoms with van der Waals surface area (Å²) in [6, 6.07) is 19.8. The van der Waals surface area contributed by atoms with Crippen molar-refractivity contribution in [3.05, 3.63) is 60.7 Å². The van der Waals surface area contributed by atoms with Crippen molar-refractivity contribution >= 4 is 0 Å². The summed E-state index contributed by atoms with van der Waals surface area (Å²) in [5.41, 5.74) is 0. The van der Waals surface area contributed by atoms with Crippen LogP contribution < -0.4 is 9.47 Å². The van der Waals surface area contributed by atoms with Crippen LogP contribution in [-0.2, 0) is 0 Å². The van der Waals surface area contributed by atoms with Gasteiger partial charge in [-0.1, -0.05) is 36.4 Å². The van der Waals surface area contributed by atoms with Crippen LogP contribution in [0, 0.1) is 0 Å². The average molecular weight is 314 g/mol. The Labute approximate surface area is 139 Å². The average Bonchev–Trinajstić information content (AvgIpc) is 2.60. The molecule has 0 radical (unpaired) electrons. The van der Waals surface area contributed by atoms with Crippen LogP contribution in [0.2, 0.25) is 0 Å². The Morgan fingerprint density at radius 1 is 0.652 bits per heavy atom. The lowest BCUT2D eigenvalue weighted by molar-refractivity contribution is 0.0125. The normalized spacial score (nSPS) is 11.0. The maximum Gasteiger partial charge on any atom is 0.119 e. The molecule has 0 saturated carbocycles. The fourth-order valence-corrected chi connectivity index (χ4v) is 2.15. The highest BCUT2D eigenvalue weighted by Gasteiger charge is 2.06. The van der Waals surface area contributed by atoms with E-state index in [0.717, 1.165) is 37.6 Å².